The van der Waals surface area contributed by atoms with Crippen molar-refractivity contribution < 1.29 is 18.7 Å². The lowest BCUT2D eigenvalue weighted by Crippen LogP contribution is -2.68. The summed E-state index contributed by atoms with van der Waals surface area (Å²) < 4.78 is 31.1. The normalized spacial score (nSPS) is 24.1. The molecule has 3 unspecified atom stereocenters. The predicted octanol–water partition coefficient (Wildman–Crippen LogP) is 3.90. The highest BCUT2D eigenvalue weighted by Crippen LogP contribution is 2.58. The number of nitrogens with zero attached hydrogens (tertiary/aromatic N) is 3. The second-order valence-electron chi connectivity index (χ2n) is 10.5. The van der Waals surface area contributed by atoms with E-state index in [1.165, 1.54) is 12.3 Å². The van der Waals surface area contributed by atoms with Gasteiger partial charge in [-0.05, 0) is 54.0 Å². The van der Waals surface area contributed by atoms with Gasteiger partial charge >= 0.3 is 0 Å². The lowest BCUT2D eigenvalue weighted by molar-refractivity contribution is 0.0483. The number of pyridine rings is 1. The maximum atomic E-state index is 15.2. The Morgan fingerprint density at radius 1 is 1.06 bits per heavy atom. The average molecular weight is 492 g/mol. The number of hydrogen-bond acceptors (Lipinski definition) is 4. The van der Waals surface area contributed by atoms with E-state index in [1.807, 2.05) is 50.0 Å². The molecule has 1 aromatic heterocycles. The molecular weight excluding hydrogens is 464 g/mol. The van der Waals surface area contributed by atoms with Crippen molar-refractivity contribution in [1.82, 2.24) is 9.58 Å². The molecule has 2 aliphatic carbocycles. The SMILES string of the molecule is CC(C)CN1C(=O)c2c(O)c(=O)ccn2N(C23c4ccccc4CC2Cc2c3ccc(F)c2F)C1C. The highest BCUT2D eigenvalue weighted by molar-refractivity contribution is 5.96. The smallest absolute Gasteiger partial charge is 0.278 e. The van der Waals surface area contributed by atoms with E-state index < -0.39 is 40.4 Å². The van der Waals surface area contributed by atoms with Crippen LogP contribution in [0, 0.1) is 23.5 Å². The van der Waals surface area contributed by atoms with Crippen molar-refractivity contribution in [2.45, 2.75) is 45.3 Å². The third-order valence-corrected chi connectivity index (χ3v) is 8.02. The standard InChI is InChI=1S/C28H27F2N3O3/c1-15(2)14-31-16(3)33(32-11-10-23(34)26(35)25(32)27(31)36)28-18(12-17-6-4-5-7-20(17)28)13-19-21(28)8-9-22(29)24(19)30/h4-11,15-16,18,35H,12-14H2,1-3H3. The topological polar surface area (TPSA) is 65.8 Å². The van der Waals surface area contributed by atoms with Gasteiger partial charge in [0.2, 0.25) is 5.43 Å². The van der Waals surface area contributed by atoms with Gasteiger partial charge in [-0.2, -0.15) is 0 Å². The Kier molecular flexibility index (Phi) is 4.84. The van der Waals surface area contributed by atoms with Gasteiger partial charge in [-0.3, -0.25) is 19.3 Å². The molecule has 3 aliphatic rings. The summed E-state index contributed by atoms with van der Waals surface area (Å²) in [7, 11) is 0. The number of fused-ring (bicyclic) bond motifs is 6. The molecule has 0 saturated carbocycles. The zero-order valence-electron chi connectivity index (χ0n) is 20.3. The Morgan fingerprint density at radius 2 is 1.81 bits per heavy atom. The van der Waals surface area contributed by atoms with Crippen molar-refractivity contribution >= 4 is 5.91 Å². The summed E-state index contributed by atoms with van der Waals surface area (Å²) in [6.45, 7) is 6.28. The van der Waals surface area contributed by atoms with E-state index in [4.69, 9.17) is 0 Å². The number of benzene rings is 2. The molecule has 0 radical (unpaired) electrons. The highest BCUT2D eigenvalue weighted by atomic mass is 19.2. The molecule has 3 atom stereocenters. The van der Waals surface area contributed by atoms with Crippen molar-refractivity contribution in [3.63, 3.8) is 0 Å². The maximum Gasteiger partial charge on any atom is 0.278 e. The predicted molar refractivity (Wildman–Crippen MR) is 130 cm³/mol. The third-order valence-electron chi connectivity index (χ3n) is 8.02. The molecule has 1 amide bonds. The highest BCUT2D eigenvalue weighted by Gasteiger charge is 2.61. The van der Waals surface area contributed by atoms with Crippen LogP contribution in [0.15, 0.2) is 53.5 Å². The van der Waals surface area contributed by atoms with E-state index in [-0.39, 0.29) is 17.5 Å². The summed E-state index contributed by atoms with van der Waals surface area (Å²) >= 11 is 0. The summed E-state index contributed by atoms with van der Waals surface area (Å²) in [6, 6.07) is 12.0. The Morgan fingerprint density at radius 3 is 2.56 bits per heavy atom. The molecule has 1 N–H and O–H groups in total. The molecule has 0 bridgehead atoms. The minimum absolute atomic E-state index is 0.116. The molecule has 186 valence electrons. The Labute approximate surface area is 207 Å². The third kappa shape index (κ3) is 2.75. The van der Waals surface area contributed by atoms with Gasteiger partial charge in [-0.1, -0.05) is 44.2 Å². The summed E-state index contributed by atoms with van der Waals surface area (Å²) in [6.07, 6.45) is 1.97. The quantitative estimate of drug-likeness (QED) is 0.604. The zero-order valence-corrected chi connectivity index (χ0v) is 20.3. The van der Waals surface area contributed by atoms with Crippen LogP contribution in [0.5, 0.6) is 5.75 Å². The Balaban J connectivity index is 1.71. The van der Waals surface area contributed by atoms with Crippen LogP contribution >= 0.6 is 0 Å². The summed E-state index contributed by atoms with van der Waals surface area (Å²) in [4.78, 5) is 27.7. The van der Waals surface area contributed by atoms with Gasteiger partial charge in [0.15, 0.2) is 23.1 Å². The molecule has 2 heterocycles. The van der Waals surface area contributed by atoms with Crippen molar-refractivity contribution in [2.75, 3.05) is 11.6 Å². The van der Waals surface area contributed by atoms with Gasteiger partial charge in [0.05, 0.1) is 0 Å². The molecule has 6 nitrogen and oxygen atoms in total. The maximum absolute atomic E-state index is 15.2. The van der Waals surface area contributed by atoms with Gasteiger partial charge in [0.25, 0.3) is 5.91 Å². The van der Waals surface area contributed by atoms with E-state index in [0.717, 1.165) is 17.2 Å². The van der Waals surface area contributed by atoms with Gasteiger partial charge in [-0.15, -0.1) is 0 Å². The molecule has 6 rings (SSSR count). The van der Waals surface area contributed by atoms with Crippen LogP contribution in [0.2, 0.25) is 0 Å². The molecular formula is C28H27F2N3O3. The average Bonchev–Trinajstić information content (AvgIpc) is 3.33. The zero-order chi connectivity index (χ0) is 25.5. The first-order valence-electron chi connectivity index (χ1n) is 12.3. The molecule has 0 fully saturated rings. The van der Waals surface area contributed by atoms with E-state index in [2.05, 4.69) is 0 Å². The number of halogens is 2. The van der Waals surface area contributed by atoms with Crippen molar-refractivity contribution in [3.8, 4) is 5.75 Å². The Bertz CT molecular complexity index is 1480. The van der Waals surface area contributed by atoms with Crippen molar-refractivity contribution in [1.29, 1.82) is 0 Å². The van der Waals surface area contributed by atoms with E-state index in [9.17, 15) is 19.1 Å². The second kappa shape index (κ2) is 7.66. The molecule has 0 spiro atoms. The van der Waals surface area contributed by atoms with Crippen LogP contribution in [0.1, 0.15) is 53.5 Å². The number of carbonyl (C=O) groups is 1. The number of carbonyl (C=O) groups excluding carboxylic acids is 1. The first-order valence-corrected chi connectivity index (χ1v) is 12.3. The fourth-order valence-corrected chi connectivity index (χ4v) is 6.72. The second-order valence-corrected chi connectivity index (χ2v) is 10.5. The lowest BCUT2D eigenvalue weighted by atomic mass is 9.81. The first-order chi connectivity index (χ1) is 17.2. The molecule has 3 aromatic rings. The van der Waals surface area contributed by atoms with Crippen molar-refractivity contribution in [3.05, 3.63) is 98.5 Å². The molecule has 0 saturated heterocycles. The summed E-state index contributed by atoms with van der Waals surface area (Å²) in [5.41, 5.74) is 1.33. The largest absolute Gasteiger partial charge is 0.502 e. The van der Waals surface area contributed by atoms with Crippen LogP contribution in [-0.2, 0) is 18.4 Å². The Hall–Kier alpha value is -3.68. The van der Waals surface area contributed by atoms with Gasteiger partial charge in [0.1, 0.15) is 11.7 Å². The van der Waals surface area contributed by atoms with Crippen LogP contribution in [0.25, 0.3) is 0 Å². The van der Waals surface area contributed by atoms with Gasteiger partial charge in [0, 0.05) is 24.7 Å². The van der Waals surface area contributed by atoms with Crippen LogP contribution in [-0.4, -0.2) is 33.3 Å². The number of aromatic nitrogens is 1. The van der Waals surface area contributed by atoms with Gasteiger partial charge in [-0.25, -0.2) is 8.78 Å². The van der Waals surface area contributed by atoms with Gasteiger partial charge < -0.3 is 10.0 Å². The van der Waals surface area contributed by atoms with Crippen molar-refractivity contribution in [2.24, 2.45) is 11.8 Å². The molecule has 8 heteroatoms. The monoisotopic (exact) mass is 491 g/mol. The number of hydrogen-bond donors (Lipinski definition) is 1. The lowest BCUT2D eigenvalue weighted by Gasteiger charge is -2.54. The van der Waals surface area contributed by atoms with E-state index in [0.29, 0.717) is 30.5 Å². The first kappa shape index (κ1) is 22.8. The number of rotatable bonds is 3. The summed E-state index contributed by atoms with van der Waals surface area (Å²) in [5, 5.41) is 12.8. The van der Waals surface area contributed by atoms with Crippen LogP contribution in [0.4, 0.5) is 8.78 Å². The number of amides is 1. The fraction of sp³-hybridized carbons (Fsp3) is 0.357. The minimum Gasteiger partial charge on any atom is -0.502 e. The molecule has 36 heavy (non-hydrogen) atoms. The molecule has 1 aliphatic heterocycles. The number of aromatic hydroxyl groups is 1. The van der Waals surface area contributed by atoms with Crippen LogP contribution in [0.3, 0.4) is 0 Å². The summed E-state index contributed by atoms with van der Waals surface area (Å²) in [5.74, 6) is -2.81. The van der Waals surface area contributed by atoms with E-state index in [1.54, 1.807) is 15.6 Å². The van der Waals surface area contributed by atoms with E-state index >= 15 is 4.39 Å². The molecule has 2 aromatic carbocycles. The minimum atomic E-state index is -0.938. The fourth-order valence-electron chi connectivity index (χ4n) is 6.72. The van der Waals surface area contributed by atoms with Crippen LogP contribution < -0.4 is 10.4 Å².